The van der Waals surface area contributed by atoms with Gasteiger partial charge in [-0.3, -0.25) is 9.50 Å². The third-order valence-corrected chi connectivity index (χ3v) is 15.4. The molecule has 0 saturated carbocycles. The standard InChI is InChI=1S/C20H24O2.C16H15ClO.C16H16O2.C15H15Br.C15H15.C5H4.C4H10O.CO2.BrH.Cl2OS.FH.2Mg.H3N.H2.2H/c1-5-6-15-7-9-16(10-8-15)17-11-13-18(14-12-17)19(21)22-20(2,3)4;2*1-2-3-12-4-6-13(7-5-12)14-8-10-15(11-9-14)16(17)18;1-2-3-12-4-6-13(7-5-12)14-8-10-15(16)11-9-14;1-2-6-13-9-11-15(12-10-13)14-7-4-3-5-8-14;1-3-5-4-2;1-4(2,3)5;2-1-3;;1-4(2)3;;;;;;;/h7-14H,5-6H2,1-4H3;4-11H,2-3H2,1H3;4-11H,2-3H2,1H3,(H,17,18);4-11H,2-3H2,1H3;4-5,7-12H,2,6H2,1H3;1H,2H3;5H,1-3H3;;1H;;1H;;;1H3;1H;;/q;;;;-1;;;;;;;2*+2;;;2*-1/p-1/i;;;;;;;;;;;;;;1+2;;. The topological polar surface area (TPSA) is 187 Å². The van der Waals surface area contributed by atoms with Crippen molar-refractivity contribution in [3.8, 4) is 79.8 Å². The summed E-state index contributed by atoms with van der Waals surface area (Å²) in [6.07, 6.45) is 16.5. The number of carboxylic acids is 1. The number of terminal acetylenes is 1. The molecule has 10 nitrogen and oxygen atoms in total. The number of hydrogen-bond donors (Lipinski definition) is 3. The summed E-state index contributed by atoms with van der Waals surface area (Å²) in [7, 11) is 7.36. The number of aliphatic hydroxyl groups is 1. The van der Waals surface area contributed by atoms with Gasteiger partial charge in [-0.25, -0.2) is 13.8 Å². The molecule has 0 aliphatic rings. The number of benzene rings is 10. The summed E-state index contributed by atoms with van der Waals surface area (Å²) in [5, 5.41) is 16.9. The summed E-state index contributed by atoms with van der Waals surface area (Å²) in [6.45, 7) is 23.5. The number of halogens is 6. The van der Waals surface area contributed by atoms with Crippen molar-refractivity contribution in [1.29, 1.82) is 0 Å². The van der Waals surface area contributed by atoms with Gasteiger partial charge in [0.2, 0.25) is 9.23 Å². The molecule has 0 aliphatic heterocycles. The number of carbonyl (C=O) groups is 3. The molecule has 0 aliphatic carbocycles. The van der Waals surface area contributed by atoms with E-state index >= 15 is 0 Å². The monoisotopic (exact) mass is 1730 g/mol. The Morgan fingerprint density at radius 3 is 0.874 bits per heavy atom. The van der Waals surface area contributed by atoms with Gasteiger partial charge in [-0.2, -0.15) is 39.9 Å². The molecular formula is C92H107Br2Cl3FMg2NO9S. The van der Waals surface area contributed by atoms with E-state index in [0.29, 0.717) is 16.7 Å². The number of ether oxygens (including phenoxy) is 1. The molecule has 0 radical (unpaired) electrons. The molecule has 0 fully saturated rings. The minimum absolute atomic E-state index is 0. The van der Waals surface area contributed by atoms with Crippen LogP contribution < -0.4 is 23.1 Å². The molecule has 586 valence electrons. The van der Waals surface area contributed by atoms with Crippen LogP contribution >= 0.6 is 48.9 Å². The van der Waals surface area contributed by atoms with Crippen molar-refractivity contribution < 1.29 is 69.1 Å². The van der Waals surface area contributed by atoms with Gasteiger partial charge in [0.1, 0.15) is 5.60 Å². The number of carboxylic acid groups (broad SMARTS) is 1. The van der Waals surface area contributed by atoms with Crippen molar-refractivity contribution in [3.63, 3.8) is 0 Å². The number of hydrogen-bond acceptors (Lipinski definition) is 9. The average Bonchev–Trinajstić information content (AvgIpc) is 1.55. The molecule has 0 atom stereocenters. The number of esters is 1. The SMILES string of the molecule is C#CC#CC.CC(C)(C)O.CCCc1ccc(-c2cc[c-]cc2)cc1.CCCc1ccc(-c2ccc(Br)cc2)cc1.CCCc1ccc(-c2ccc(C(=O)Cl)cc2)cc1.CCCc1ccc(-c2ccc(C(=O)O)cc2)cc1.CCCc1ccc(-c2ccc(C(=O)OC(C)(C)C)cc2)cc1.F.N.O=C=O.O=S(Cl)Cl.[3HH].[Br-].[H-].[H-].[Mg+2].[Mg+2]. The number of carbonyl (C=O) groups excluding carboxylic acids is 4. The number of aromatic carboxylic acids is 1. The first-order chi connectivity index (χ1) is 50.5. The number of rotatable bonds is 18. The first-order valence-corrected chi connectivity index (χ1v) is 39.0. The number of aryl methyl sites for hydroxylation is 5. The van der Waals surface area contributed by atoms with Gasteiger partial charge in [0.15, 0.2) is 0 Å². The van der Waals surface area contributed by atoms with Crippen LogP contribution in [0, 0.1) is 30.3 Å². The fourth-order valence-electron chi connectivity index (χ4n) is 9.79. The first-order valence-electron chi connectivity index (χ1n) is 35.0. The Hall–Kier alpha value is -7.33. The maximum atomic E-state index is 12.0. The van der Waals surface area contributed by atoms with Crippen molar-refractivity contribution in [2.45, 2.75) is 158 Å². The van der Waals surface area contributed by atoms with Gasteiger partial charge in [-0.15, -0.1) is 12.0 Å². The van der Waals surface area contributed by atoms with E-state index in [0.717, 1.165) is 76.4 Å². The zero-order chi connectivity index (χ0) is 78.9. The summed E-state index contributed by atoms with van der Waals surface area (Å²) in [4.78, 5) is 50.0. The Morgan fingerprint density at radius 1 is 0.477 bits per heavy atom. The van der Waals surface area contributed by atoms with Gasteiger partial charge < -0.3 is 40.9 Å². The zero-order valence-corrected chi connectivity index (χ0v) is 74.9. The Morgan fingerprint density at radius 2 is 0.685 bits per heavy atom. The zero-order valence-electron chi connectivity index (χ0n) is 67.8. The maximum absolute atomic E-state index is 12.0. The average molecular weight is 1740 g/mol. The van der Waals surface area contributed by atoms with Crippen molar-refractivity contribution >= 4 is 128 Å². The molecule has 0 spiro atoms. The van der Waals surface area contributed by atoms with E-state index in [9.17, 15) is 14.4 Å². The van der Waals surface area contributed by atoms with Crippen LogP contribution in [0.15, 0.2) is 247 Å². The van der Waals surface area contributed by atoms with E-state index in [2.05, 4.69) is 253 Å². The van der Waals surface area contributed by atoms with E-state index in [-0.39, 0.29) is 90.3 Å². The van der Waals surface area contributed by atoms with Crippen molar-refractivity contribution in [2.24, 2.45) is 0 Å². The van der Waals surface area contributed by atoms with Crippen LogP contribution in [0.3, 0.4) is 0 Å². The summed E-state index contributed by atoms with van der Waals surface area (Å²) >= 11 is 8.87. The van der Waals surface area contributed by atoms with Gasteiger partial charge in [0.25, 0.3) is 5.24 Å². The minimum Gasteiger partial charge on any atom is -1.00 e. The van der Waals surface area contributed by atoms with Crippen LogP contribution in [0.25, 0.3) is 55.6 Å². The molecule has 0 unspecified atom stereocenters. The first kappa shape index (κ1) is 110. The third-order valence-electron chi connectivity index (χ3n) is 14.7. The largest absolute Gasteiger partial charge is 2.00 e. The summed E-state index contributed by atoms with van der Waals surface area (Å²) in [5.41, 5.74) is 19.1. The Labute approximate surface area is 732 Å². The van der Waals surface area contributed by atoms with Crippen molar-refractivity contribution in [3.05, 3.63) is 298 Å². The third kappa shape index (κ3) is 49.7. The fraction of sp³-hybridized carbons (Fsp3) is 0.261. The van der Waals surface area contributed by atoms with Gasteiger partial charge in [0, 0.05) is 32.8 Å². The van der Waals surface area contributed by atoms with E-state index in [1.54, 1.807) is 52.0 Å². The fourth-order valence-corrected chi connectivity index (χ4v) is 10.2. The van der Waals surface area contributed by atoms with E-state index in [1.165, 1.54) is 75.8 Å². The molecule has 19 heteroatoms. The predicted octanol–water partition coefficient (Wildman–Crippen LogP) is 22.0. The predicted molar refractivity (Wildman–Crippen MR) is 471 cm³/mol. The van der Waals surface area contributed by atoms with Crippen LogP contribution in [0.5, 0.6) is 0 Å². The maximum Gasteiger partial charge on any atom is 2.00 e. The van der Waals surface area contributed by atoms with Crippen LogP contribution in [0.2, 0.25) is 0 Å². The molecular weight excluding hydrogens is 1630 g/mol. The molecule has 0 bridgehead atoms. The molecule has 111 heavy (non-hydrogen) atoms. The molecule has 10 aromatic rings. The molecule has 0 aromatic heterocycles. The van der Waals surface area contributed by atoms with Gasteiger partial charge in [-0.1, -0.05) is 258 Å². The normalized spacial score (nSPS) is 9.52. The van der Waals surface area contributed by atoms with Crippen LogP contribution in [-0.4, -0.2) is 95.1 Å². The smallest absolute Gasteiger partial charge is 1.00 e. The minimum atomic E-state index is -1.67. The van der Waals surface area contributed by atoms with Crippen molar-refractivity contribution in [2.75, 3.05) is 0 Å². The summed E-state index contributed by atoms with van der Waals surface area (Å²) < 4.78 is 15.6. The molecule has 0 amide bonds. The Kier molecular flexibility index (Phi) is 62.6. The molecule has 0 saturated heterocycles. The Balaban J connectivity index is -0.000000235. The van der Waals surface area contributed by atoms with Crippen LogP contribution in [0.4, 0.5) is 4.70 Å². The summed E-state index contributed by atoms with van der Waals surface area (Å²) in [6, 6.07) is 84.7. The molecule has 5 N–H and O–H groups in total. The van der Waals surface area contributed by atoms with Crippen molar-refractivity contribution in [1.82, 2.24) is 6.15 Å². The quantitative estimate of drug-likeness (QED) is 0.0245. The second-order valence-electron chi connectivity index (χ2n) is 25.8. The second-order valence-corrected chi connectivity index (χ2v) is 29.6. The van der Waals surface area contributed by atoms with Crippen LogP contribution in [0.1, 0.15) is 178 Å². The molecule has 10 rings (SSSR count). The van der Waals surface area contributed by atoms with E-state index in [1.807, 2.05) is 81.4 Å². The van der Waals surface area contributed by atoms with E-state index < -0.39 is 31.6 Å². The van der Waals surface area contributed by atoms with Crippen LogP contribution in [-0.2, 0) is 55.7 Å². The Bertz CT molecular complexity index is 4230. The molecule has 0 heterocycles. The second kappa shape index (κ2) is 63.1. The van der Waals surface area contributed by atoms with Gasteiger partial charge in [0.05, 0.1) is 16.7 Å². The molecule has 10 aromatic carbocycles. The van der Waals surface area contributed by atoms with Gasteiger partial charge in [-0.05, 0) is 230 Å². The summed E-state index contributed by atoms with van der Waals surface area (Å²) in [5.74, 6) is 5.91. The van der Waals surface area contributed by atoms with Gasteiger partial charge >= 0.3 is 64.2 Å². The van der Waals surface area contributed by atoms with E-state index in [4.69, 9.17) is 46.8 Å².